The molecule has 0 aliphatic rings. The molecule has 0 aromatic heterocycles. The zero-order valence-corrected chi connectivity index (χ0v) is 40.4. The molecule has 0 aliphatic heterocycles. The SMILES string of the molecule is CCCCCCCCCCCCCCCCC(=O)OC[C@H](COC(=O)CCCCCCCCCCCCCCCCC(C)C)OC(=O)CCCCCCCCC(C)CC. The number of hydrogen-bond donors (Lipinski definition) is 0. The quantitative estimate of drug-likeness (QED) is 0.0345. The standard InChI is InChI=1S/C53H102O6/c1-6-8-9-10-11-12-13-14-18-21-24-27-33-38-43-51(54)57-46-50(59-53(56)45-40-35-30-29-32-37-42-49(5)7-2)47-58-52(55)44-39-34-28-25-22-19-16-15-17-20-23-26-31-36-41-48(3)4/h48-50H,6-47H2,1-5H3/t49?,50-/m1/s1. The summed E-state index contributed by atoms with van der Waals surface area (Å²) in [7, 11) is 0. The minimum atomic E-state index is -0.762. The Labute approximate surface area is 368 Å². The highest BCUT2D eigenvalue weighted by atomic mass is 16.6. The number of unbranched alkanes of at least 4 members (excludes halogenated alkanes) is 31. The second-order valence-electron chi connectivity index (χ2n) is 18.9. The van der Waals surface area contributed by atoms with Crippen LogP contribution in [0.4, 0.5) is 0 Å². The number of hydrogen-bond acceptors (Lipinski definition) is 6. The van der Waals surface area contributed by atoms with Gasteiger partial charge in [0.2, 0.25) is 0 Å². The Kier molecular flexibility index (Phi) is 44.7. The lowest BCUT2D eigenvalue weighted by molar-refractivity contribution is -0.167. The molecule has 0 aromatic rings. The average molecular weight is 835 g/mol. The van der Waals surface area contributed by atoms with Crippen molar-refractivity contribution in [3.8, 4) is 0 Å². The number of carbonyl (C=O) groups is 3. The summed E-state index contributed by atoms with van der Waals surface area (Å²) in [6, 6.07) is 0. The van der Waals surface area contributed by atoms with Crippen molar-refractivity contribution in [2.24, 2.45) is 11.8 Å². The number of rotatable bonds is 47. The lowest BCUT2D eigenvalue weighted by atomic mass is 10.00. The van der Waals surface area contributed by atoms with Crippen LogP contribution >= 0.6 is 0 Å². The third-order valence-electron chi connectivity index (χ3n) is 12.3. The van der Waals surface area contributed by atoms with E-state index in [1.165, 1.54) is 180 Å². The van der Waals surface area contributed by atoms with Crippen molar-refractivity contribution in [2.75, 3.05) is 13.2 Å². The normalized spacial score (nSPS) is 12.5. The molecule has 6 heteroatoms. The predicted molar refractivity (Wildman–Crippen MR) is 252 cm³/mol. The van der Waals surface area contributed by atoms with E-state index in [9.17, 15) is 14.4 Å². The van der Waals surface area contributed by atoms with Crippen molar-refractivity contribution >= 4 is 17.9 Å². The monoisotopic (exact) mass is 835 g/mol. The van der Waals surface area contributed by atoms with Gasteiger partial charge in [-0.1, -0.05) is 253 Å². The van der Waals surface area contributed by atoms with Crippen LogP contribution in [0, 0.1) is 11.8 Å². The molecule has 0 spiro atoms. The first-order valence-electron chi connectivity index (χ1n) is 26.3. The Hall–Kier alpha value is -1.59. The Morgan fingerprint density at radius 1 is 0.356 bits per heavy atom. The summed E-state index contributed by atoms with van der Waals surface area (Å²) in [5.74, 6) is 0.804. The van der Waals surface area contributed by atoms with Crippen LogP contribution in [0.5, 0.6) is 0 Å². The Morgan fingerprint density at radius 2 is 0.644 bits per heavy atom. The fourth-order valence-electron chi connectivity index (χ4n) is 7.96. The van der Waals surface area contributed by atoms with Crippen molar-refractivity contribution < 1.29 is 28.6 Å². The highest BCUT2D eigenvalue weighted by Gasteiger charge is 2.19. The number of ether oxygens (including phenoxy) is 3. The maximum atomic E-state index is 12.7. The largest absolute Gasteiger partial charge is 0.462 e. The van der Waals surface area contributed by atoms with E-state index < -0.39 is 6.10 Å². The van der Waals surface area contributed by atoms with Gasteiger partial charge in [0.05, 0.1) is 0 Å². The zero-order valence-electron chi connectivity index (χ0n) is 40.4. The van der Waals surface area contributed by atoms with Crippen molar-refractivity contribution in [3.05, 3.63) is 0 Å². The van der Waals surface area contributed by atoms with Crippen LogP contribution in [0.15, 0.2) is 0 Å². The molecule has 6 nitrogen and oxygen atoms in total. The topological polar surface area (TPSA) is 78.9 Å². The van der Waals surface area contributed by atoms with Gasteiger partial charge in [-0.05, 0) is 31.1 Å². The molecule has 59 heavy (non-hydrogen) atoms. The molecule has 0 fully saturated rings. The molecule has 0 N–H and O–H groups in total. The van der Waals surface area contributed by atoms with Gasteiger partial charge in [-0.3, -0.25) is 14.4 Å². The first-order chi connectivity index (χ1) is 28.8. The van der Waals surface area contributed by atoms with E-state index in [2.05, 4.69) is 34.6 Å². The zero-order chi connectivity index (χ0) is 43.3. The molecular formula is C53H102O6. The average Bonchev–Trinajstić information content (AvgIpc) is 3.22. The lowest BCUT2D eigenvalue weighted by Gasteiger charge is -2.18. The third-order valence-corrected chi connectivity index (χ3v) is 12.3. The van der Waals surface area contributed by atoms with Gasteiger partial charge in [-0.15, -0.1) is 0 Å². The Bertz CT molecular complexity index is 902. The van der Waals surface area contributed by atoms with Gasteiger partial charge in [0.25, 0.3) is 0 Å². The smallest absolute Gasteiger partial charge is 0.306 e. The molecular weight excluding hydrogens is 733 g/mol. The van der Waals surface area contributed by atoms with Crippen LogP contribution in [-0.4, -0.2) is 37.2 Å². The second-order valence-corrected chi connectivity index (χ2v) is 18.9. The number of carbonyl (C=O) groups excluding carboxylic acids is 3. The molecule has 1 unspecified atom stereocenters. The first-order valence-corrected chi connectivity index (χ1v) is 26.3. The van der Waals surface area contributed by atoms with E-state index in [4.69, 9.17) is 14.2 Å². The summed E-state index contributed by atoms with van der Waals surface area (Å²) in [5, 5.41) is 0. The minimum Gasteiger partial charge on any atom is -0.462 e. The van der Waals surface area contributed by atoms with Gasteiger partial charge in [-0.2, -0.15) is 0 Å². The van der Waals surface area contributed by atoms with Crippen molar-refractivity contribution in [2.45, 2.75) is 298 Å². The fourth-order valence-corrected chi connectivity index (χ4v) is 7.96. The summed E-state index contributed by atoms with van der Waals surface area (Å²) in [5.41, 5.74) is 0. The second kappa shape index (κ2) is 45.9. The van der Waals surface area contributed by atoms with Crippen LogP contribution in [0.25, 0.3) is 0 Å². The lowest BCUT2D eigenvalue weighted by Crippen LogP contribution is -2.30. The highest BCUT2D eigenvalue weighted by Crippen LogP contribution is 2.18. The van der Waals surface area contributed by atoms with Gasteiger partial charge in [0.1, 0.15) is 13.2 Å². The van der Waals surface area contributed by atoms with Crippen molar-refractivity contribution in [1.82, 2.24) is 0 Å². The first kappa shape index (κ1) is 57.4. The summed E-state index contributed by atoms with van der Waals surface area (Å²) in [6.45, 7) is 11.4. The summed E-state index contributed by atoms with van der Waals surface area (Å²) < 4.78 is 16.8. The molecule has 0 heterocycles. The van der Waals surface area contributed by atoms with Gasteiger partial charge in [-0.25, -0.2) is 0 Å². The van der Waals surface area contributed by atoms with Crippen LogP contribution < -0.4 is 0 Å². The molecule has 0 bridgehead atoms. The minimum absolute atomic E-state index is 0.0644. The van der Waals surface area contributed by atoms with Gasteiger partial charge in [0.15, 0.2) is 6.10 Å². The van der Waals surface area contributed by atoms with Gasteiger partial charge in [0, 0.05) is 19.3 Å². The predicted octanol–water partition coefficient (Wildman–Crippen LogP) is 16.9. The van der Waals surface area contributed by atoms with Gasteiger partial charge >= 0.3 is 17.9 Å². The molecule has 0 aromatic carbocycles. The summed E-state index contributed by atoms with van der Waals surface area (Å²) in [6.07, 6.45) is 46.6. The number of esters is 3. The van der Waals surface area contributed by atoms with Gasteiger partial charge < -0.3 is 14.2 Å². The molecule has 0 aliphatic carbocycles. The Balaban J connectivity index is 4.26. The summed E-state index contributed by atoms with van der Waals surface area (Å²) in [4.78, 5) is 37.9. The van der Waals surface area contributed by atoms with Crippen LogP contribution in [0.2, 0.25) is 0 Å². The van der Waals surface area contributed by atoms with Crippen molar-refractivity contribution in [1.29, 1.82) is 0 Å². The highest BCUT2D eigenvalue weighted by molar-refractivity contribution is 5.71. The fraction of sp³-hybridized carbons (Fsp3) is 0.943. The molecule has 0 rings (SSSR count). The molecule has 0 radical (unpaired) electrons. The maximum Gasteiger partial charge on any atom is 0.306 e. The molecule has 2 atom stereocenters. The van der Waals surface area contributed by atoms with Crippen LogP contribution in [0.1, 0.15) is 291 Å². The van der Waals surface area contributed by atoms with E-state index >= 15 is 0 Å². The van der Waals surface area contributed by atoms with Crippen LogP contribution in [0.3, 0.4) is 0 Å². The van der Waals surface area contributed by atoms with E-state index in [0.717, 1.165) is 69.6 Å². The van der Waals surface area contributed by atoms with E-state index in [1.807, 2.05) is 0 Å². The Morgan fingerprint density at radius 3 is 0.966 bits per heavy atom. The maximum absolute atomic E-state index is 12.7. The van der Waals surface area contributed by atoms with E-state index in [0.29, 0.717) is 19.3 Å². The molecule has 0 saturated carbocycles. The van der Waals surface area contributed by atoms with Crippen LogP contribution in [-0.2, 0) is 28.6 Å². The third kappa shape index (κ3) is 45.8. The molecule has 0 amide bonds. The molecule has 0 saturated heterocycles. The van der Waals surface area contributed by atoms with E-state index in [-0.39, 0.29) is 31.1 Å². The van der Waals surface area contributed by atoms with E-state index in [1.54, 1.807) is 0 Å². The molecule has 350 valence electrons. The van der Waals surface area contributed by atoms with Crippen molar-refractivity contribution in [3.63, 3.8) is 0 Å². The summed E-state index contributed by atoms with van der Waals surface area (Å²) >= 11 is 0.